The highest BCUT2D eigenvalue weighted by Gasteiger charge is 2.05. The van der Waals surface area contributed by atoms with Gasteiger partial charge in [-0.25, -0.2) is 4.98 Å². The van der Waals surface area contributed by atoms with E-state index in [0.717, 1.165) is 28.3 Å². The number of hydrogen-bond donors (Lipinski definition) is 2. The van der Waals surface area contributed by atoms with Crippen molar-refractivity contribution in [2.75, 3.05) is 11.9 Å². The van der Waals surface area contributed by atoms with Crippen LogP contribution in [-0.4, -0.2) is 21.8 Å². The Balaban J connectivity index is 1.83. The summed E-state index contributed by atoms with van der Waals surface area (Å²) in [6.45, 7) is -0.0379. The first-order chi connectivity index (χ1) is 10.6. The molecule has 2 aromatic heterocycles. The number of nitrogens with one attached hydrogen (secondary N) is 1. The van der Waals surface area contributed by atoms with E-state index in [9.17, 15) is 4.79 Å². The van der Waals surface area contributed by atoms with Gasteiger partial charge in [-0.15, -0.1) is 0 Å². The third-order valence-electron chi connectivity index (χ3n) is 3.27. The molecule has 0 aliphatic rings. The number of fused-ring (bicyclic) bond motifs is 1. The van der Waals surface area contributed by atoms with E-state index in [0.29, 0.717) is 5.69 Å². The first kappa shape index (κ1) is 14.6. The predicted octanol–water partition coefficient (Wildman–Crippen LogP) is 2.48. The van der Waals surface area contributed by atoms with Crippen molar-refractivity contribution in [3.63, 3.8) is 0 Å². The van der Waals surface area contributed by atoms with Gasteiger partial charge < -0.3 is 15.5 Å². The fourth-order valence-electron chi connectivity index (χ4n) is 2.23. The second kappa shape index (κ2) is 6.17. The summed E-state index contributed by atoms with van der Waals surface area (Å²) in [6, 6.07) is 11.4. The number of anilines is 1. The number of nitrogens with zero attached hydrogens (tertiary/aromatic N) is 2. The van der Waals surface area contributed by atoms with Crippen molar-refractivity contribution in [3.8, 4) is 0 Å². The number of amides is 1. The van der Waals surface area contributed by atoms with Crippen LogP contribution in [0.4, 0.5) is 5.69 Å². The Hall–Kier alpha value is -2.37. The average molecular weight is 315 g/mol. The Morgan fingerprint density at radius 1 is 1.18 bits per heavy atom. The smallest absolute Gasteiger partial charge is 0.238 e. The van der Waals surface area contributed by atoms with Crippen molar-refractivity contribution in [1.82, 2.24) is 9.38 Å². The maximum absolute atomic E-state index is 11.3. The Morgan fingerprint density at radius 3 is 2.68 bits per heavy atom. The molecule has 0 unspecified atom stereocenters. The van der Waals surface area contributed by atoms with Gasteiger partial charge in [-0.2, -0.15) is 0 Å². The zero-order valence-corrected chi connectivity index (χ0v) is 12.5. The first-order valence-electron chi connectivity index (χ1n) is 6.86. The van der Waals surface area contributed by atoms with Crippen molar-refractivity contribution >= 4 is 28.8 Å². The molecule has 0 bridgehead atoms. The molecule has 2 heterocycles. The van der Waals surface area contributed by atoms with Gasteiger partial charge in [-0.1, -0.05) is 23.7 Å². The first-order valence-corrected chi connectivity index (χ1v) is 7.24. The molecule has 1 amide bonds. The maximum atomic E-state index is 11.3. The number of carbonyl (C=O) groups excluding carboxylic acids is 1. The van der Waals surface area contributed by atoms with E-state index in [2.05, 4.69) is 10.3 Å². The third-order valence-corrected chi connectivity index (χ3v) is 3.52. The van der Waals surface area contributed by atoms with Crippen molar-refractivity contribution in [1.29, 1.82) is 0 Å². The van der Waals surface area contributed by atoms with Crippen LogP contribution in [0.1, 0.15) is 11.3 Å². The average Bonchev–Trinajstić information content (AvgIpc) is 2.91. The van der Waals surface area contributed by atoms with Gasteiger partial charge in [-0.3, -0.25) is 4.79 Å². The molecule has 112 valence electrons. The molecule has 0 spiro atoms. The van der Waals surface area contributed by atoms with Gasteiger partial charge in [0, 0.05) is 23.8 Å². The molecule has 5 nitrogen and oxygen atoms in total. The lowest BCUT2D eigenvalue weighted by atomic mass is 10.1. The van der Waals surface area contributed by atoms with Crippen LogP contribution in [0.25, 0.3) is 5.65 Å². The molecule has 3 aromatic rings. The zero-order chi connectivity index (χ0) is 15.5. The highest BCUT2D eigenvalue weighted by atomic mass is 35.5. The molecule has 22 heavy (non-hydrogen) atoms. The molecule has 0 radical (unpaired) electrons. The minimum atomic E-state index is -0.221. The standard InChI is InChI=1S/C16H15ClN4O/c17-12-3-1-11(2-4-12)7-14-10-21-9-13(20-16(22)8-18)5-6-15(21)19-14/h1-6,9-10H,7-8,18H2,(H,20,22). The lowest BCUT2D eigenvalue weighted by Crippen LogP contribution is -2.21. The van der Waals surface area contributed by atoms with E-state index in [1.54, 1.807) is 0 Å². The summed E-state index contributed by atoms with van der Waals surface area (Å²) in [5, 5.41) is 3.44. The molecule has 0 atom stereocenters. The summed E-state index contributed by atoms with van der Waals surface area (Å²) in [7, 11) is 0. The summed E-state index contributed by atoms with van der Waals surface area (Å²) >= 11 is 5.89. The molecular formula is C16H15ClN4O. The molecule has 3 rings (SSSR count). The molecule has 0 fully saturated rings. The van der Waals surface area contributed by atoms with Gasteiger partial charge in [0.25, 0.3) is 0 Å². The SMILES string of the molecule is NCC(=O)Nc1ccc2nc(Cc3ccc(Cl)cc3)cn2c1. The Morgan fingerprint density at radius 2 is 1.95 bits per heavy atom. The van der Waals surface area contributed by atoms with Crippen molar-refractivity contribution in [2.24, 2.45) is 5.73 Å². The van der Waals surface area contributed by atoms with Crippen LogP contribution in [0.3, 0.4) is 0 Å². The number of rotatable bonds is 4. The number of nitrogens with two attached hydrogens (primary N) is 1. The number of hydrogen-bond acceptors (Lipinski definition) is 3. The minimum Gasteiger partial charge on any atom is -0.324 e. The topological polar surface area (TPSA) is 72.4 Å². The quantitative estimate of drug-likeness (QED) is 0.777. The molecule has 3 N–H and O–H groups in total. The molecule has 0 saturated carbocycles. The normalized spacial score (nSPS) is 10.8. The van der Waals surface area contributed by atoms with E-state index < -0.39 is 0 Å². The van der Waals surface area contributed by atoms with Crippen LogP contribution < -0.4 is 11.1 Å². The molecule has 1 aromatic carbocycles. The fourth-order valence-corrected chi connectivity index (χ4v) is 2.35. The molecule has 0 aliphatic carbocycles. The predicted molar refractivity (Wildman–Crippen MR) is 87.1 cm³/mol. The summed E-state index contributed by atoms with van der Waals surface area (Å²) in [5.41, 5.74) is 8.91. The Bertz CT molecular complexity index is 811. The van der Waals surface area contributed by atoms with Gasteiger partial charge in [0.05, 0.1) is 17.9 Å². The Labute approximate surface area is 132 Å². The molecule has 6 heteroatoms. The van der Waals surface area contributed by atoms with E-state index in [4.69, 9.17) is 17.3 Å². The monoisotopic (exact) mass is 314 g/mol. The van der Waals surface area contributed by atoms with Crippen LogP contribution in [0.5, 0.6) is 0 Å². The van der Waals surface area contributed by atoms with Gasteiger partial charge >= 0.3 is 0 Å². The lowest BCUT2D eigenvalue weighted by molar-refractivity contribution is -0.114. The van der Waals surface area contributed by atoms with E-state index >= 15 is 0 Å². The highest BCUT2D eigenvalue weighted by molar-refractivity contribution is 6.30. The summed E-state index contributed by atoms with van der Waals surface area (Å²) in [5.74, 6) is -0.221. The molecular weight excluding hydrogens is 300 g/mol. The van der Waals surface area contributed by atoms with Crippen LogP contribution in [0, 0.1) is 0 Å². The number of carbonyl (C=O) groups is 1. The van der Waals surface area contributed by atoms with Crippen molar-refractivity contribution in [3.05, 3.63) is 65.1 Å². The summed E-state index contributed by atoms with van der Waals surface area (Å²) < 4.78 is 1.89. The second-order valence-electron chi connectivity index (χ2n) is 4.97. The second-order valence-corrected chi connectivity index (χ2v) is 5.41. The number of aromatic nitrogens is 2. The highest BCUT2D eigenvalue weighted by Crippen LogP contribution is 2.16. The van der Waals surface area contributed by atoms with Crippen LogP contribution in [0.2, 0.25) is 5.02 Å². The zero-order valence-electron chi connectivity index (χ0n) is 11.8. The molecule has 0 saturated heterocycles. The van der Waals surface area contributed by atoms with E-state index in [1.807, 2.05) is 53.2 Å². The minimum absolute atomic E-state index is 0.0379. The van der Waals surface area contributed by atoms with Gasteiger partial charge in [0.1, 0.15) is 5.65 Å². The van der Waals surface area contributed by atoms with Crippen molar-refractivity contribution in [2.45, 2.75) is 6.42 Å². The summed E-state index contributed by atoms with van der Waals surface area (Å²) in [4.78, 5) is 15.9. The van der Waals surface area contributed by atoms with E-state index in [-0.39, 0.29) is 12.5 Å². The van der Waals surface area contributed by atoms with Crippen LogP contribution in [-0.2, 0) is 11.2 Å². The number of pyridine rings is 1. The molecule has 0 aliphatic heterocycles. The largest absolute Gasteiger partial charge is 0.324 e. The van der Waals surface area contributed by atoms with Crippen LogP contribution in [0.15, 0.2) is 48.8 Å². The van der Waals surface area contributed by atoms with Gasteiger partial charge in [0.15, 0.2) is 0 Å². The van der Waals surface area contributed by atoms with Gasteiger partial charge in [-0.05, 0) is 29.8 Å². The number of imidazole rings is 1. The van der Waals surface area contributed by atoms with Crippen LogP contribution >= 0.6 is 11.6 Å². The summed E-state index contributed by atoms with van der Waals surface area (Å²) in [6.07, 6.45) is 4.49. The maximum Gasteiger partial charge on any atom is 0.238 e. The van der Waals surface area contributed by atoms with E-state index in [1.165, 1.54) is 0 Å². The third kappa shape index (κ3) is 3.27. The van der Waals surface area contributed by atoms with Gasteiger partial charge in [0.2, 0.25) is 5.91 Å². The number of benzene rings is 1. The van der Waals surface area contributed by atoms with Crippen molar-refractivity contribution < 1.29 is 4.79 Å². The number of halogens is 1. The Kier molecular flexibility index (Phi) is 4.09. The lowest BCUT2D eigenvalue weighted by Gasteiger charge is -2.03. The fraction of sp³-hybridized carbons (Fsp3) is 0.125.